The van der Waals surface area contributed by atoms with E-state index in [9.17, 15) is 9.59 Å². The van der Waals surface area contributed by atoms with Crippen LogP contribution in [0.25, 0.3) is 6.08 Å². The van der Waals surface area contributed by atoms with Crippen molar-refractivity contribution in [2.45, 2.75) is 25.3 Å². The zero-order valence-electron chi connectivity index (χ0n) is 19.6. The van der Waals surface area contributed by atoms with Crippen LogP contribution >= 0.6 is 34.8 Å². The molecule has 6 nitrogen and oxygen atoms in total. The summed E-state index contributed by atoms with van der Waals surface area (Å²) in [4.78, 5) is 29.8. The summed E-state index contributed by atoms with van der Waals surface area (Å²) in [7, 11) is 0. The van der Waals surface area contributed by atoms with Gasteiger partial charge in [-0.25, -0.2) is 14.8 Å². The van der Waals surface area contributed by atoms with Crippen molar-refractivity contribution in [3.8, 4) is 0 Å². The Balaban J connectivity index is 1.44. The SMILES string of the molecule is O=C(OCC(=O)N1N=C2C(=Cc3ccc(Cl)cc3)CCCC2C1c1ccc(Cl)cc1)c1cccnc1Cl. The number of ether oxygens (including phenoxy) is 1. The average Bonchev–Trinajstić information content (AvgIpc) is 3.30. The largest absolute Gasteiger partial charge is 0.452 e. The molecule has 2 heterocycles. The number of aromatic nitrogens is 1. The zero-order valence-corrected chi connectivity index (χ0v) is 21.9. The van der Waals surface area contributed by atoms with Crippen molar-refractivity contribution >= 4 is 58.5 Å². The molecular weight excluding hydrogens is 533 g/mol. The van der Waals surface area contributed by atoms with Gasteiger partial charge in [0.2, 0.25) is 0 Å². The molecule has 2 unspecified atom stereocenters. The van der Waals surface area contributed by atoms with Crippen LogP contribution in [-0.4, -0.2) is 34.2 Å². The second-order valence-electron chi connectivity index (χ2n) is 8.86. The van der Waals surface area contributed by atoms with E-state index >= 15 is 0 Å². The Kier molecular flexibility index (Phi) is 7.60. The van der Waals surface area contributed by atoms with E-state index in [2.05, 4.69) is 11.1 Å². The average molecular weight is 555 g/mol. The van der Waals surface area contributed by atoms with Gasteiger partial charge in [-0.3, -0.25) is 4.79 Å². The number of halogens is 3. The van der Waals surface area contributed by atoms with Crippen LogP contribution in [0.3, 0.4) is 0 Å². The van der Waals surface area contributed by atoms with E-state index in [1.54, 1.807) is 18.2 Å². The van der Waals surface area contributed by atoms with Gasteiger partial charge in [0, 0.05) is 22.2 Å². The minimum absolute atomic E-state index is 0.000829. The van der Waals surface area contributed by atoms with E-state index < -0.39 is 18.5 Å². The maximum Gasteiger partial charge on any atom is 0.341 e. The van der Waals surface area contributed by atoms with Crippen molar-refractivity contribution in [1.82, 2.24) is 9.99 Å². The molecule has 1 aromatic heterocycles. The number of rotatable bonds is 5. The quantitative estimate of drug-likeness (QED) is 0.251. The Morgan fingerprint density at radius 2 is 1.70 bits per heavy atom. The molecule has 188 valence electrons. The van der Waals surface area contributed by atoms with Crippen LogP contribution in [0.2, 0.25) is 15.2 Å². The van der Waals surface area contributed by atoms with Crippen LogP contribution < -0.4 is 0 Å². The highest BCUT2D eigenvalue weighted by molar-refractivity contribution is 6.32. The number of fused-ring (bicyclic) bond motifs is 1. The van der Waals surface area contributed by atoms with Gasteiger partial charge in [-0.05, 0) is 78.4 Å². The van der Waals surface area contributed by atoms with Crippen molar-refractivity contribution in [3.63, 3.8) is 0 Å². The summed E-state index contributed by atoms with van der Waals surface area (Å²) < 4.78 is 5.30. The molecule has 2 aromatic carbocycles. The monoisotopic (exact) mass is 553 g/mol. The minimum Gasteiger partial charge on any atom is -0.452 e. The minimum atomic E-state index is -0.720. The molecule has 1 amide bonds. The lowest BCUT2D eigenvalue weighted by molar-refractivity contribution is -0.137. The fourth-order valence-corrected chi connectivity index (χ4v) is 5.22. The first-order valence-corrected chi connectivity index (χ1v) is 12.9. The second-order valence-corrected chi connectivity index (χ2v) is 10.1. The third-order valence-corrected chi connectivity index (χ3v) is 7.29. The van der Waals surface area contributed by atoms with Crippen molar-refractivity contribution in [2.75, 3.05) is 6.61 Å². The van der Waals surface area contributed by atoms with E-state index in [1.165, 1.54) is 17.3 Å². The number of carbonyl (C=O) groups is 2. The van der Waals surface area contributed by atoms with E-state index in [0.29, 0.717) is 10.0 Å². The number of pyridine rings is 1. The molecule has 37 heavy (non-hydrogen) atoms. The highest BCUT2D eigenvalue weighted by Gasteiger charge is 2.43. The van der Waals surface area contributed by atoms with Gasteiger partial charge in [0.15, 0.2) is 6.61 Å². The highest BCUT2D eigenvalue weighted by atomic mass is 35.5. The molecule has 1 saturated carbocycles. The maximum absolute atomic E-state index is 13.4. The number of allylic oxidation sites excluding steroid dienone is 1. The number of benzene rings is 2. The van der Waals surface area contributed by atoms with E-state index in [1.807, 2.05) is 36.4 Å². The van der Waals surface area contributed by atoms with Gasteiger partial charge >= 0.3 is 5.97 Å². The number of hydrogen-bond donors (Lipinski definition) is 0. The van der Waals surface area contributed by atoms with Crippen LogP contribution in [0.4, 0.5) is 0 Å². The number of hydrazone groups is 1. The van der Waals surface area contributed by atoms with Crippen LogP contribution in [-0.2, 0) is 9.53 Å². The lowest BCUT2D eigenvalue weighted by Gasteiger charge is -2.29. The number of carbonyl (C=O) groups excluding carboxylic acids is 2. The molecule has 0 bridgehead atoms. The first-order chi connectivity index (χ1) is 17.9. The van der Waals surface area contributed by atoms with Gasteiger partial charge < -0.3 is 4.74 Å². The summed E-state index contributed by atoms with van der Waals surface area (Å²) in [6, 6.07) is 17.8. The first kappa shape index (κ1) is 25.5. The summed E-state index contributed by atoms with van der Waals surface area (Å²) in [5.74, 6) is -1.15. The van der Waals surface area contributed by atoms with Crippen LogP contribution in [0.1, 0.15) is 46.8 Å². The summed E-state index contributed by atoms with van der Waals surface area (Å²) in [5, 5.41) is 7.54. The Hall–Kier alpha value is -3.19. The van der Waals surface area contributed by atoms with Crippen LogP contribution in [0, 0.1) is 5.92 Å². The normalized spacial score (nSPS) is 19.9. The molecule has 3 aromatic rings. The summed E-state index contributed by atoms with van der Waals surface area (Å²) >= 11 is 18.2. The fourth-order valence-electron chi connectivity index (χ4n) is 4.77. The van der Waals surface area contributed by atoms with Gasteiger partial charge in [0.25, 0.3) is 5.91 Å². The van der Waals surface area contributed by atoms with Gasteiger partial charge in [-0.2, -0.15) is 5.10 Å². The molecule has 2 atom stereocenters. The maximum atomic E-state index is 13.4. The van der Waals surface area contributed by atoms with Gasteiger partial charge in [-0.15, -0.1) is 0 Å². The standard InChI is InChI=1S/C28H22Cl3N3O3/c29-20-10-6-17(7-11-20)15-19-3-1-4-22-25(19)33-34(26(22)18-8-12-21(30)13-9-18)24(35)16-37-28(36)23-5-2-14-32-27(23)31/h2,5-15,22,26H,1,3-4,16H2. The predicted molar refractivity (Wildman–Crippen MR) is 145 cm³/mol. The van der Waals surface area contributed by atoms with Crippen molar-refractivity contribution in [3.05, 3.63) is 104 Å². The van der Waals surface area contributed by atoms with Crippen molar-refractivity contribution in [1.29, 1.82) is 0 Å². The summed E-state index contributed by atoms with van der Waals surface area (Å²) in [6.07, 6.45) is 6.25. The van der Waals surface area contributed by atoms with Gasteiger partial charge in [0.1, 0.15) is 5.15 Å². The molecule has 1 aliphatic carbocycles. The topological polar surface area (TPSA) is 71.9 Å². The molecular formula is C28H22Cl3N3O3. The van der Waals surface area contributed by atoms with Crippen molar-refractivity contribution < 1.29 is 14.3 Å². The Morgan fingerprint density at radius 3 is 2.41 bits per heavy atom. The predicted octanol–water partition coefficient (Wildman–Crippen LogP) is 7.02. The Labute approximate surface area is 229 Å². The van der Waals surface area contributed by atoms with Crippen molar-refractivity contribution in [2.24, 2.45) is 11.0 Å². The molecule has 0 N–H and O–H groups in total. The van der Waals surface area contributed by atoms with Gasteiger partial charge in [-0.1, -0.05) is 59.1 Å². The summed E-state index contributed by atoms with van der Waals surface area (Å²) in [6.45, 7) is -0.478. The molecule has 5 rings (SSSR count). The second kappa shape index (κ2) is 11.1. The Bertz CT molecular complexity index is 1390. The van der Waals surface area contributed by atoms with E-state index in [4.69, 9.17) is 44.6 Å². The highest BCUT2D eigenvalue weighted by Crippen LogP contribution is 2.44. The Morgan fingerprint density at radius 1 is 1.00 bits per heavy atom. The molecule has 1 aliphatic heterocycles. The number of hydrogen-bond acceptors (Lipinski definition) is 5. The van der Waals surface area contributed by atoms with Crippen LogP contribution in [0.5, 0.6) is 0 Å². The number of nitrogens with zero attached hydrogens (tertiary/aromatic N) is 3. The first-order valence-electron chi connectivity index (χ1n) is 11.8. The zero-order chi connectivity index (χ0) is 25.9. The van der Waals surface area contributed by atoms with Gasteiger partial charge in [0.05, 0.1) is 17.3 Å². The number of amides is 1. The smallest absolute Gasteiger partial charge is 0.341 e. The summed E-state index contributed by atoms with van der Waals surface area (Å²) in [5.41, 5.74) is 3.97. The fraction of sp³-hybridized carbons (Fsp3) is 0.214. The third kappa shape index (κ3) is 5.57. The molecule has 1 fully saturated rings. The molecule has 0 saturated heterocycles. The van der Waals surface area contributed by atoms with E-state index in [-0.39, 0.29) is 22.7 Å². The van der Waals surface area contributed by atoms with E-state index in [0.717, 1.165) is 41.7 Å². The molecule has 0 spiro atoms. The number of esters is 1. The van der Waals surface area contributed by atoms with Crippen LogP contribution in [0.15, 0.2) is 77.5 Å². The third-order valence-electron chi connectivity index (χ3n) is 6.49. The molecule has 2 aliphatic rings. The lowest BCUT2D eigenvalue weighted by atomic mass is 9.77. The molecule has 0 radical (unpaired) electrons. The lowest BCUT2D eigenvalue weighted by Crippen LogP contribution is -2.34. The molecule has 9 heteroatoms.